The van der Waals surface area contributed by atoms with Crippen LogP contribution in [0.2, 0.25) is 0 Å². The van der Waals surface area contributed by atoms with Crippen molar-refractivity contribution in [3.05, 3.63) is 48.0 Å². The molecule has 0 radical (unpaired) electrons. The molecular weight excluding hydrogens is 180 g/mol. The molecule has 0 heteroatoms. The topological polar surface area (TPSA) is 0 Å². The van der Waals surface area contributed by atoms with E-state index in [1.54, 1.807) is 0 Å². The Morgan fingerprint density at radius 1 is 1.27 bits per heavy atom. The minimum absolute atomic E-state index is 0.143. The van der Waals surface area contributed by atoms with Crippen molar-refractivity contribution in [2.24, 2.45) is 0 Å². The molecule has 1 atom stereocenters. The lowest BCUT2D eigenvalue weighted by atomic mass is 9.78. The normalized spacial score (nSPS) is 14.6. The fraction of sp³-hybridized carbons (Fsp3) is 0.467. The molecule has 0 aliphatic carbocycles. The van der Waals surface area contributed by atoms with Gasteiger partial charge < -0.3 is 0 Å². The monoisotopic (exact) mass is 202 g/mol. The first-order valence-electron chi connectivity index (χ1n) is 5.83. The Kier molecular flexibility index (Phi) is 4.14. The summed E-state index contributed by atoms with van der Waals surface area (Å²) in [7, 11) is 0. The van der Waals surface area contributed by atoms with Crippen LogP contribution in [0, 0.1) is 6.92 Å². The summed E-state index contributed by atoms with van der Waals surface area (Å²) in [6, 6.07) is 8.82. The summed E-state index contributed by atoms with van der Waals surface area (Å²) in [6.07, 6.45) is 5.79. The lowest BCUT2D eigenvalue weighted by Gasteiger charge is -2.26. The molecule has 0 saturated heterocycles. The Balaban J connectivity index is 2.89. The molecule has 0 fully saturated rings. The Morgan fingerprint density at radius 3 is 2.33 bits per heavy atom. The van der Waals surface area contributed by atoms with Crippen LogP contribution in [-0.2, 0) is 5.41 Å². The van der Waals surface area contributed by atoms with Crippen molar-refractivity contribution in [3.8, 4) is 0 Å². The Bertz CT molecular complexity index is 307. The van der Waals surface area contributed by atoms with Gasteiger partial charge in [0.05, 0.1) is 0 Å². The number of allylic oxidation sites excluding steroid dienone is 1. The second kappa shape index (κ2) is 5.16. The van der Waals surface area contributed by atoms with E-state index in [4.69, 9.17) is 0 Å². The van der Waals surface area contributed by atoms with E-state index in [9.17, 15) is 0 Å². The predicted octanol–water partition coefficient (Wildman–Crippen LogP) is 4.63. The van der Waals surface area contributed by atoms with Crippen molar-refractivity contribution in [1.29, 1.82) is 0 Å². The molecule has 0 spiro atoms. The lowest BCUT2D eigenvalue weighted by Crippen LogP contribution is -2.18. The predicted molar refractivity (Wildman–Crippen MR) is 68.3 cm³/mol. The van der Waals surface area contributed by atoms with Crippen LogP contribution in [-0.4, -0.2) is 0 Å². The van der Waals surface area contributed by atoms with E-state index in [2.05, 4.69) is 57.7 Å². The molecule has 0 bridgehead atoms. The van der Waals surface area contributed by atoms with Gasteiger partial charge in [0, 0.05) is 5.41 Å². The molecule has 1 aromatic carbocycles. The zero-order valence-corrected chi connectivity index (χ0v) is 10.2. The summed E-state index contributed by atoms with van der Waals surface area (Å²) in [6.45, 7) is 10.6. The standard InChI is InChI=1S/C15H22/c1-5-7-12-15(4,6-2)14-10-8-13(3)9-11-14/h6,8-11H,2,5,7,12H2,1,3-4H3. The van der Waals surface area contributed by atoms with Crippen molar-refractivity contribution in [2.45, 2.75) is 45.4 Å². The third-order valence-corrected chi connectivity index (χ3v) is 3.21. The van der Waals surface area contributed by atoms with Gasteiger partial charge in [-0.1, -0.05) is 62.6 Å². The fourth-order valence-electron chi connectivity index (χ4n) is 1.84. The van der Waals surface area contributed by atoms with Gasteiger partial charge in [-0.05, 0) is 18.9 Å². The lowest BCUT2D eigenvalue weighted by molar-refractivity contribution is 0.511. The number of benzene rings is 1. The van der Waals surface area contributed by atoms with Gasteiger partial charge in [0.15, 0.2) is 0 Å². The van der Waals surface area contributed by atoms with Crippen molar-refractivity contribution in [3.63, 3.8) is 0 Å². The number of unbranched alkanes of at least 4 members (excludes halogenated alkanes) is 1. The van der Waals surface area contributed by atoms with E-state index in [1.165, 1.54) is 30.4 Å². The van der Waals surface area contributed by atoms with E-state index < -0.39 is 0 Å². The zero-order valence-electron chi connectivity index (χ0n) is 10.2. The summed E-state index contributed by atoms with van der Waals surface area (Å²) >= 11 is 0. The van der Waals surface area contributed by atoms with Gasteiger partial charge in [-0.15, -0.1) is 6.58 Å². The SMILES string of the molecule is C=CC(C)(CCCC)c1ccc(C)cc1. The first-order chi connectivity index (χ1) is 7.12. The first-order valence-corrected chi connectivity index (χ1v) is 5.83. The van der Waals surface area contributed by atoms with Gasteiger partial charge in [0.1, 0.15) is 0 Å². The van der Waals surface area contributed by atoms with Crippen LogP contribution in [0.25, 0.3) is 0 Å². The van der Waals surface area contributed by atoms with Crippen LogP contribution < -0.4 is 0 Å². The zero-order chi connectivity index (χ0) is 11.3. The van der Waals surface area contributed by atoms with Crippen LogP contribution in [0.15, 0.2) is 36.9 Å². The summed E-state index contributed by atoms with van der Waals surface area (Å²) < 4.78 is 0. The number of rotatable bonds is 5. The van der Waals surface area contributed by atoms with E-state index in [1.807, 2.05) is 0 Å². The molecular formula is C15H22. The molecule has 1 unspecified atom stereocenters. The molecule has 0 aliphatic heterocycles. The first kappa shape index (κ1) is 12.0. The Labute approximate surface area is 94.0 Å². The molecule has 0 N–H and O–H groups in total. The summed E-state index contributed by atoms with van der Waals surface area (Å²) in [5.74, 6) is 0. The average molecular weight is 202 g/mol. The third kappa shape index (κ3) is 2.95. The summed E-state index contributed by atoms with van der Waals surface area (Å²) in [5, 5.41) is 0. The van der Waals surface area contributed by atoms with Crippen LogP contribution >= 0.6 is 0 Å². The maximum Gasteiger partial charge on any atom is 0.0101 e. The number of aryl methyl sites for hydroxylation is 1. The van der Waals surface area contributed by atoms with E-state index in [-0.39, 0.29) is 5.41 Å². The highest BCUT2D eigenvalue weighted by atomic mass is 14.2. The van der Waals surface area contributed by atoms with Crippen LogP contribution in [0.5, 0.6) is 0 Å². The highest BCUT2D eigenvalue weighted by Gasteiger charge is 2.21. The van der Waals surface area contributed by atoms with Crippen molar-refractivity contribution < 1.29 is 0 Å². The van der Waals surface area contributed by atoms with E-state index in [0.29, 0.717) is 0 Å². The van der Waals surface area contributed by atoms with Crippen molar-refractivity contribution >= 4 is 0 Å². The second-order valence-electron chi connectivity index (χ2n) is 4.59. The van der Waals surface area contributed by atoms with Crippen molar-refractivity contribution in [1.82, 2.24) is 0 Å². The summed E-state index contributed by atoms with van der Waals surface area (Å²) in [5.41, 5.74) is 2.85. The van der Waals surface area contributed by atoms with E-state index in [0.717, 1.165) is 0 Å². The molecule has 82 valence electrons. The third-order valence-electron chi connectivity index (χ3n) is 3.21. The average Bonchev–Trinajstić information content (AvgIpc) is 2.27. The molecule has 0 aromatic heterocycles. The largest absolute Gasteiger partial charge is 0.102 e. The molecule has 0 aliphatic rings. The molecule has 0 saturated carbocycles. The molecule has 1 aromatic rings. The van der Waals surface area contributed by atoms with Crippen molar-refractivity contribution in [2.75, 3.05) is 0 Å². The van der Waals surface area contributed by atoms with Gasteiger partial charge in [-0.25, -0.2) is 0 Å². The van der Waals surface area contributed by atoms with Gasteiger partial charge in [0.2, 0.25) is 0 Å². The molecule has 0 heterocycles. The summed E-state index contributed by atoms with van der Waals surface area (Å²) in [4.78, 5) is 0. The van der Waals surface area contributed by atoms with Crippen LogP contribution in [0.1, 0.15) is 44.2 Å². The fourth-order valence-corrected chi connectivity index (χ4v) is 1.84. The van der Waals surface area contributed by atoms with Crippen LogP contribution in [0.3, 0.4) is 0 Å². The minimum Gasteiger partial charge on any atom is -0.102 e. The minimum atomic E-state index is 0.143. The smallest absolute Gasteiger partial charge is 0.0101 e. The molecule has 0 amide bonds. The van der Waals surface area contributed by atoms with Crippen LogP contribution in [0.4, 0.5) is 0 Å². The second-order valence-corrected chi connectivity index (χ2v) is 4.59. The van der Waals surface area contributed by atoms with Gasteiger partial charge >= 0.3 is 0 Å². The Hall–Kier alpha value is -1.04. The number of hydrogen-bond acceptors (Lipinski definition) is 0. The van der Waals surface area contributed by atoms with Gasteiger partial charge in [0.25, 0.3) is 0 Å². The molecule has 1 rings (SSSR count). The molecule has 0 nitrogen and oxygen atoms in total. The van der Waals surface area contributed by atoms with Gasteiger partial charge in [-0.2, -0.15) is 0 Å². The molecule has 15 heavy (non-hydrogen) atoms. The quantitative estimate of drug-likeness (QED) is 0.611. The van der Waals surface area contributed by atoms with E-state index >= 15 is 0 Å². The maximum atomic E-state index is 3.98. The number of hydrogen-bond donors (Lipinski definition) is 0. The highest BCUT2D eigenvalue weighted by Crippen LogP contribution is 2.30. The highest BCUT2D eigenvalue weighted by molar-refractivity contribution is 5.31. The Morgan fingerprint density at radius 2 is 1.87 bits per heavy atom. The van der Waals surface area contributed by atoms with Gasteiger partial charge in [-0.3, -0.25) is 0 Å². The maximum absolute atomic E-state index is 3.98.